The van der Waals surface area contributed by atoms with Crippen molar-refractivity contribution in [2.45, 2.75) is 135 Å². The fourth-order valence-electron chi connectivity index (χ4n) is 4.12. The molecule has 1 atom stereocenters. The predicted molar refractivity (Wildman–Crippen MR) is 133 cm³/mol. The second-order valence-corrected chi connectivity index (χ2v) is 9.21. The highest BCUT2D eigenvalue weighted by Crippen LogP contribution is 2.14. The van der Waals surface area contributed by atoms with Crippen molar-refractivity contribution in [2.24, 2.45) is 5.73 Å². The first-order valence-electron chi connectivity index (χ1n) is 13.2. The lowest BCUT2D eigenvalue weighted by Gasteiger charge is -2.12. The van der Waals surface area contributed by atoms with Crippen molar-refractivity contribution in [3.8, 4) is 0 Å². The van der Waals surface area contributed by atoms with Crippen LogP contribution in [0.2, 0.25) is 0 Å². The lowest BCUT2D eigenvalue weighted by atomic mass is 10.0. The Labute approximate surface area is 188 Å². The molecule has 0 aliphatic carbocycles. The van der Waals surface area contributed by atoms with Crippen molar-refractivity contribution in [2.75, 3.05) is 6.61 Å². The molecular formula is C28H51NO. The van der Waals surface area contributed by atoms with Crippen LogP contribution in [0.3, 0.4) is 0 Å². The van der Waals surface area contributed by atoms with Crippen LogP contribution < -0.4 is 5.73 Å². The van der Waals surface area contributed by atoms with Gasteiger partial charge in [0.05, 0.1) is 13.2 Å². The summed E-state index contributed by atoms with van der Waals surface area (Å²) in [4.78, 5) is 0. The molecule has 0 heterocycles. The number of unbranched alkanes of at least 4 members (excludes halogenated alkanes) is 16. The zero-order valence-electron chi connectivity index (χ0n) is 20.1. The maximum absolute atomic E-state index is 6.18. The molecule has 0 aliphatic rings. The highest BCUT2D eigenvalue weighted by Gasteiger charge is 2.03. The molecule has 0 saturated carbocycles. The molecule has 0 aliphatic heterocycles. The van der Waals surface area contributed by atoms with Gasteiger partial charge in [-0.05, 0) is 12.0 Å². The van der Waals surface area contributed by atoms with Crippen LogP contribution in [-0.2, 0) is 11.3 Å². The maximum atomic E-state index is 6.18. The average Bonchev–Trinajstić information content (AvgIpc) is 2.76. The van der Waals surface area contributed by atoms with E-state index in [1.165, 1.54) is 115 Å². The normalized spacial score (nSPS) is 12.3. The summed E-state index contributed by atoms with van der Waals surface area (Å²) < 4.78 is 5.74. The summed E-state index contributed by atoms with van der Waals surface area (Å²) in [7, 11) is 0. The first kappa shape index (κ1) is 27.2. The lowest BCUT2D eigenvalue weighted by molar-refractivity contribution is 0.105. The van der Waals surface area contributed by atoms with Gasteiger partial charge in [-0.1, -0.05) is 146 Å². The number of hydrogen-bond acceptors (Lipinski definition) is 2. The number of nitrogens with two attached hydrogens (primary N) is 1. The molecule has 2 nitrogen and oxygen atoms in total. The molecule has 0 bridgehead atoms. The smallest absolute Gasteiger partial charge is 0.0717 e. The maximum Gasteiger partial charge on any atom is 0.0717 e. The standard InChI is InChI=1S/C28H51NO/c1-2-3-4-5-6-7-8-9-10-11-12-13-14-15-16-17-21-24-28(29)26-30-25-27-22-19-18-20-23-27/h18-20,22-23,28H,2-17,21,24-26,29H2,1H3. The van der Waals surface area contributed by atoms with E-state index in [-0.39, 0.29) is 6.04 Å². The van der Waals surface area contributed by atoms with Crippen LogP contribution in [0.4, 0.5) is 0 Å². The van der Waals surface area contributed by atoms with E-state index in [1.807, 2.05) is 6.07 Å². The second-order valence-electron chi connectivity index (χ2n) is 9.21. The van der Waals surface area contributed by atoms with Crippen molar-refractivity contribution >= 4 is 0 Å². The minimum Gasteiger partial charge on any atom is -0.375 e. The number of benzene rings is 1. The van der Waals surface area contributed by atoms with E-state index in [0.29, 0.717) is 13.2 Å². The van der Waals surface area contributed by atoms with Gasteiger partial charge in [-0.15, -0.1) is 0 Å². The summed E-state index contributed by atoms with van der Waals surface area (Å²) >= 11 is 0. The molecule has 0 fully saturated rings. The molecular weight excluding hydrogens is 366 g/mol. The monoisotopic (exact) mass is 417 g/mol. The molecule has 0 aromatic heterocycles. The molecule has 2 heteroatoms. The molecule has 1 rings (SSSR count). The van der Waals surface area contributed by atoms with Crippen LogP contribution in [0.1, 0.15) is 128 Å². The summed E-state index contributed by atoms with van der Waals surface area (Å²) in [5.74, 6) is 0. The van der Waals surface area contributed by atoms with Gasteiger partial charge in [0, 0.05) is 6.04 Å². The molecule has 1 unspecified atom stereocenters. The van der Waals surface area contributed by atoms with Crippen LogP contribution in [0.25, 0.3) is 0 Å². The Kier molecular flexibility index (Phi) is 19.4. The molecule has 0 spiro atoms. The third-order valence-electron chi connectivity index (χ3n) is 6.12. The second kappa shape index (κ2) is 21.4. The van der Waals surface area contributed by atoms with Gasteiger partial charge < -0.3 is 10.5 Å². The van der Waals surface area contributed by atoms with Crippen LogP contribution in [-0.4, -0.2) is 12.6 Å². The summed E-state index contributed by atoms with van der Waals surface area (Å²) in [5, 5.41) is 0. The van der Waals surface area contributed by atoms with E-state index in [4.69, 9.17) is 10.5 Å². The number of ether oxygens (including phenoxy) is 1. The summed E-state index contributed by atoms with van der Waals surface area (Å²) in [6.07, 6.45) is 25.2. The van der Waals surface area contributed by atoms with Crippen LogP contribution in [0, 0.1) is 0 Å². The molecule has 174 valence electrons. The van der Waals surface area contributed by atoms with Gasteiger partial charge in [-0.2, -0.15) is 0 Å². The van der Waals surface area contributed by atoms with Gasteiger partial charge >= 0.3 is 0 Å². The van der Waals surface area contributed by atoms with E-state index in [0.717, 1.165) is 6.42 Å². The summed E-state index contributed by atoms with van der Waals surface area (Å²) in [6.45, 7) is 3.64. The van der Waals surface area contributed by atoms with Gasteiger partial charge in [0.2, 0.25) is 0 Å². The largest absolute Gasteiger partial charge is 0.375 e. The Morgan fingerprint density at radius 1 is 0.633 bits per heavy atom. The fourth-order valence-corrected chi connectivity index (χ4v) is 4.12. The summed E-state index contributed by atoms with van der Waals surface area (Å²) in [6, 6.07) is 10.5. The average molecular weight is 418 g/mol. The Morgan fingerprint density at radius 2 is 1.07 bits per heavy atom. The number of hydrogen-bond donors (Lipinski definition) is 1. The Balaban J connectivity index is 1.73. The van der Waals surface area contributed by atoms with Crippen molar-refractivity contribution < 1.29 is 4.74 Å². The predicted octanol–water partition coefficient (Wildman–Crippen LogP) is 8.57. The van der Waals surface area contributed by atoms with E-state index in [1.54, 1.807) is 0 Å². The van der Waals surface area contributed by atoms with Gasteiger partial charge in [0.25, 0.3) is 0 Å². The molecule has 30 heavy (non-hydrogen) atoms. The van der Waals surface area contributed by atoms with E-state index in [9.17, 15) is 0 Å². The molecule has 2 N–H and O–H groups in total. The summed E-state index contributed by atoms with van der Waals surface area (Å²) in [5.41, 5.74) is 7.40. The van der Waals surface area contributed by atoms with Gasteiger partial charge in [0.15, 0.2) is 0 Å². The first-order valence-corrected chi connectivity index (χ1v) is 13.2. The number of rotatable bonds is 22. The molecule has 1 aromatic rings. The Hall–Kier alpha value is -0.860. The zero-order chi connectivity index (χ0) is 21.5. The minimum atomic E-state index is 0.185. The van der Waals surface area contributed by atoms with Crippen molar-refractivity contribution in [3.63, 3.8) is 0 Å². The highest BCUT2D eigenvalue weighted by molar-refractivity contribution is 5.13. The first-order chi connectivity index (χ1) is 14.8. The Morgan fingerprint density at radius 3 is 1.53 bits per heavy atom. The van der Waals surface area contributed by atoms with Crippen molar-refractivity contribution in [1.82, 2.24) is 0 Å². The third kappa shape index (κ3) is 18.0. The molecule has 0 radical (unpaired) electrons. The topological polar surface area (TPSA) is 35.2 Å². The van der Waals surface area contributed by atoms with E-state index in [2.05, 4.69) is 31.2 Å². The van der Waals surface area contributed by atoms with Gasteiger partial charge in [-0.25, -0.2) is 0 Å². The van der Waals surface area contributed by atoms with E-state index >= 15 is 0 Å². The Bertz CT molecular complexity index is 447. The lowest BCUT2D eigenvalue weighted by Crippen LogP contribution is -2.25. The van der Waals surface area contributed by atoms with Crippen LogP contribution >= 0.6 is 0 Å². The van der Waals surface area contributed by atoms with Gasteiger partial charge in [-0.3, -0.25) is 0 Å². The third-order valence-corrected chi connectivity index (χ3v) is 6.12. The van der Waals surface area contributed by atoms with E-state index < -0.39 is 0 Å². The van der Waals surface area contributed by atoms with Crippen LogP contribution in [0.15, 0.2) is 30.3 Å². The molecule has 0 saturated heterocycles. The van der Waals surface area contributed by atoms with Crippen LogP contribution in [0.5, 0.6) is 0 Å². The highest BCUT2D eigenvalue weighted by atomic mass is 16.5. The van der Waals surface area contributed by atoms with Crippen molar-refractivity contribution in [1.29, 1.82) is 0 Å². The van der Waals surface area contributed by atoms with Gasteiger partial charge in [0.1, 0.15) is 0 Å². The molecule has 0 amide bonds. The SMILES string of the molecule is CCCCCCCCCCCCCCCCCCCC(N)COCc1ccccc1. The fraction of sp³-hybridized carbons (Fsp3) is 0.786. The zero-order valence-corrected chi connectivity index (χ0v) is 20.1. The molecule has 1 aromatic carbocycles. The minimum absolute atomic E-state index is 0.185. The van der Waals surface area contributed by atoms with Crippen molar-refractivity contribution in [3.05, 3.63) is 35.9 Å². The quantitative estimate of drug-likeness (QED) is 0.192.